The summed E-state index contributed by atoms with van der Waals surface area (Å²) in [4.78, 5) is 23.9. The number of rotatable bonds is 4. The number of hydrogen-bond donors (Lipinski definition) is 1. The maximum absolute atomic E-state index is 12.2. The summed E-state index contributed by atoms with van der Waals surface area (Å²) in [5, 5.41) is 14.4. The van der Waals surface area contributed by atoms with Crippen molar-refractivity contribution in [2.45, 2.75) is 31.8 Å². The third kappa shape index (κ3) is 3.08. The number of nitrogens with two attached hydrogens (primary N) is 1. The molecule has 1 amide bonds. The van der Waals surface area contributed by atoms with E-state index in [-0.39, 0.29) is 24.2 Å². The average molecular weight is 267 g/mol. The summed E-state index contributed by atoms with van der Waals surface area (Å²) in [6.07, 6.45) is 5.38. The Labute approximate surface area is 110 Å². The van der Waals surface area contributed by atoms with Gasteiger partial charge in [0.15, 0.2) is 0 Å². The number of likely N-dealkylation sites (tertiary alicyclic amines) is 1. The summed E-state index contributed by atoms with van der Waals surface area (Å²) in [7, 11) is 0. The lowest BCUT2D eigenvalue weighted by atomic mass is 10.0. The first-order chi connectivity index (χ1) is 9.11. The van der Waals surface area contributed by atoms with Gasteiger partial charge < -0.3 is 10.6 Å². The molecule has 1 aliphatic rings. The van der Waals surface area contributed by atoms with E-state index in [0.29, 0.717) is 13.1 Å². The molecular weight excluding hydrogens is 250 g/mol. The van der Waals surface area contributed by atoms with Crippen molar-refractivity contribution in [1.82, 2.24) is 14.7 Å². The Hall–Kier alpha value is -1.96. The Morgan fingerprint density at radius 2 is 2.37 bits per heavy atom. The lowest BCUT2D eigenvalue weighted by molar-refractivity contribution is -0.385. The van der Waals surface area contributed by atoms with E-state index < -0.39 is 4.92 Å². The summed E-state index contributed by atoms with van der Waals surface area (Å²) < 4.78 is 1.29. The van der Waals surface area contributed by atoms with Gasteiger partial charge >= 0.3 is 5.69 Å². The molecule has 1 unspecified atom stereocenters. The van der Waals surface area contributed by atoms with Crippen LogP contribution in [0.1, 0.15) is 19.3 Å². The summed E-state index contributed by atoms with van der Waals surface area (Å²) in [5.74, 6) is -0.0897. The highest BCUT2D eigenvalue weighted by molar-refractivity contribution is 5.76. The van der Waals surface area contributed by atoms with Crippen molar-refractivity contribution >= 4 is 11.6 Å². The van der Waals surface area contributed by atoms with E-state index in [9.17, 15) is 14.9 Å². The Morgan fingerprint density at radius 3 is 3.00 bits per heavy atom. The van der Waals surface area contributed by atoms with Crippen LogP contribution < -0.4 is 5.73 Å². The second-order valence-electron chi connectivity index (χ2n) is 4.63. The molecule has 19 heavy (non-hydrogen) atoms. The number of nitrogens with zero attached hydrogens (tertiary/aromatic N) is 4. The topological polar surface area (TPSA) is 107 Å². The van der Waals surface area contributed by atoms with Gasteiger partial charge in [0, 0.05) is 19.1 Å². The van der Waals surface area contributed by atoms with Crippen LogP contribution in [0.4, 0.5) is 5.69 Å². The van der Waals surface area contributed by atoms with Crippen molar-refractivity contribution in [3.05, 3.63) is 22.5 Å². The van der Waals surface area contributed by atoms with E-state index in [4.69, 9.17) is 5.73 Å². The maximum Gasteiger partial charge on any atom is 0.307 e. The van der Waals surface area contributed by atoms with Gasteiger partial charge in [-0.05, 0) is 19.3 Å². The van der Waals surface area contributed by atoms with Crippen LogP contribution in [0.3, 0.4) is 0 Å². The number of hydrogen-bond acceptors (Lipinski definition) is 5. The highest BCUT2D eigenvalue weighted by atomic mass is 16.6. The zero-order valence-corrected chi connectivity index (χ0v) is 10.6. The molecule has 1 aromatic rings. The molecule has 1 aromatic heterocycles. The number of carbonyl (C=O) groups excluding carboxylic acids is 1. The van der Waals surface area contributed by atoms with E-state index in [1.54, 1.807) is 4.90 Å². The van der Waals surface area contributed by atoms with E-state index in [1.165, 1.54) is 10.9 Å². The predicted octanol–water partition coefficient (Wildman–Crippen LogP) is 0.131. The molecule has 0 spiro atoms. The highest BCUT2D eigenvalue weighted by Crippen LogP contribution is 2.17. The highest BCUT2D eigenvalue weighted by Gasteiger charge is 2.26. The third-order valence-electron chi connectivity index (χ3n) is 3.35. The van der Waals surface area contributed by atoms with Crippen LogP contribution in [0.5, 0.6) is 0 Å². The second kappa shape index (κ2) is 5.79. The van der Waals surface area contributed by atoms with Crippen LogP contribution in [0, 0.1) is 10.1 Å². The van der Waals surface area contributed by atoms with Gasteiger partial charge in [0.05, 0.1) is 4.92 Å². The van der Waals surface area contributed by atoms with Gasteiger partial charge in [-0.2, -0.15) is 5.10 Å². The van der Waals surface area contributed by atoms with E-state index in [0.717, 1.165) is 25.5 Å². The first-order valence-electron chi connectivity index (χ1n) is 6.28. The molecule has 2 heterocycles. The number of aromatic nitrogens is 2. The fraction of sp³-hybridized carbons (Fsp3) is 0.636. The first-order valence-corrected chi connectivity index (χ1v) is 6.28. The van der Waals surface area contributed by atoms with E-state index in [2.05, 4.69) is 5.10 Å². The Bertz CT molecular complexity index is 473. The summed E-state index contributed by atoms with van der Waals surface area (Å²) in [5.41, 5.74) is 5.55. The molecular formula is C11H17N5O3. The molecule has 0 bridgehead atoms. The zero-order chi connectivity index (χ0) is 13.8. The first kappa shape index (κ1) is 13.5. The third-order valence-corrected chi connectivity index (χ3v) is 3.35. The standard InChI is InChI=1S/C11H17N5O3/c12-5-9-3-1-2-4-15(9)11(17)8-14-7-10(6-13-14)16(18)19/h6-7,9H,1-5,8,12H2. The molecule has 0 saturated carbocycles. The Balaban J connectivity index is 2.00. The zero-order valence-electron chi connectivity index (χ0n) is 10.6. The molecule has 0 radical (unpaired) electrons. The molecule has 1 fully saturated rings. The smallest absolute Gasteiger partial charge is 0.307 e. The monoisotopic (exact) mass is 267 g/mol. The maximum atomic E-state index is 12.2. The summed E-state index contributed by atoms with van der Waals surface area (Å²) in [6.45, 7) is 1.17. The Kier molecular flexibility index (Phi) is 4.10. The SMILES string of the molecule is NCC1CCCCN1C(=O)Cn1cc([N+](=O)[O-])cn1. The molecule has 1 saturated heterocycles. The largest absolute Gasteiger partial charge is 0.337 e. The van der Waals surface area contributed by atoms with Crippen LogP contribution in [0.15, 0.2) is 12.4 Å². The van der Waals surface area contributed by atoms with Gasteiger partial charge in [-0.3, -0.25) is 19.6 Å². The van der Waals surface area contributed by atoms with Gasteiger partial charge in [0.2, 0.25) is 5.91 Å². The van der Waals surface area contributed by atoms with Gasteiger partial charge in [0.25, 0.3) is 0 Å². The molecule has 8 heteroatoms. The van der Waals surface area contributed by atoms with Crippen molar-refractivity contribution in [3.8, 4) is 0 Å². The van der Waals surface area contributed by atoms with Crippen molar-refractivity contribution in [2.75, 3.05) is 13.1 Å². The minimum atomic E-state index is -0.530. The van der Waals surface area contributed by atoms with Gasteiger partial charge in [-0.25, -0.2) is 0 Å². The number of carbonyl (C=O) groups is 1. The molecule has 1 aliphatic heterocycles. The fourth-order valence-corrected chi connectivity index (χ4v) is 2.34. The van der Waals surface area contributed by atoms with Crippen molar-refractivity contribution in [3.63, 3.8) is 0 Å². The molecule has 1 atom stereocenters. The van der Waals surface area contributed by atoms with Crippen LogP contribution in [0.2, 0.25) is 0 Å². The quantitative estimate of drug-likeness (QED) is 0.616. The second-order valence-corrected chi connectivity index (χ2v) is 4.63. The summed E-state index contributed by atoms with van der Waals surface area (Å²) >= 11 is 0. The molecule has 0 aromatic carbocycles. The van der Waals surface area contributed by atoms with E-state index >= 15 is 0 Å². The molecule has 8 nitrogen and oxygen atoms in total. The lowest BCUT2D eigenvalue weighted by Crippen LogP contribution is -2.48. The van der Waals surface area contributed by atoms with Crippen LogP contribution in [-0.4, -0.2) is 44.6 Å². The van der Waals surface area contributed by atoms with Crippen molar-refractivity contribution in [2.24, 2.45) is 5.73 Å². The fourth-order valence-electron chi connectivity index (χ4n) is 2.34. The number of amides is 1. The van der Waals surface area contributed by atoms with Gasteiger partial charge in [0.1, 0.15) is 18.9 Å². The molecule has 2 rings (SSSR count). The van der Waals surface area contributed by atoms with Crippen molar-refractivity contribution < 1.29 is 9.72 Å². The van der Waals surface area contributed by atoms with E-state index in [1.807, 2.05) is 0 Å². The van der Waals surface area contributed by atoms with Crippen LogP contribution in [0.25, 0.3) is 0 Å². The minimum Gasteiger partial charge on any atom is -0.337 e. The lowest BCUT2D eigenvalue weighted by Gasteiger charge is -2.35. The normalized spacial score (nSPS) is 19.4. The number of nitro groups is 1. The number of piperidine rings is 1. The molecule has 104 valence electrons. The van der Waals surface area contributed by atoms with Crippen molar-refractivity contribution in [1.29, 1.82) is 0 Å². The molecule has 2 N–H and O–H groups in total. The van der Waals surface area contributed by atoms with Gasteiger partial charge in [-0.1, -0.05) is 0 Å². The predicted molar refractivity (Wildman–Crippen MR) is 67.3 cm³/mol. The average Bonchev–Trinajstić information content (AvgIpc) is 2.87. The van der Waals surface area contributed by atoms with Gasteiger partial charge in [-0.15, -0.1) is 0 Å². The van der Waals surface area contributed by atoms with Crippen LogP contribution in [-0.2, 0) is 11.3 Å². The summed E-state index contributed by atoms with van der Waals surface area (Å²) in [6, 6.07) is 0.0757. The minimum absolute atomic E-state index is 0.0182. The van der Waals surface area contributed by atoms with Crippen LogP contribution >= 0.6 is 0 Å². The molecule has 0 aliphatic carbocycles. The Morgan fingerprint density at radius 1 is 1.58 bits per heavy atom.